The summed E-state index contributed by atoms with van der Waals surface area (Å²) in [7, 11) is 0. The number of hydrogen-bond donors (Lipinski definition) is 2. The van der Waals surface area contributed by atoms with Crippen LogP contribution in [0.3, 0.4) is 0 Å². The van der Waals surface area contributed by atoms with Crippen molar-refractivity contribution >= 4 is 0 Å². The average molecular weight is 210 g/mol. The van der Waals surface area contributed by atoms with Gasteiger partial charge >= 0.3 is 0 Å². The van der Waals surface area contributed by atoms with Gasteiger partial charge in [0.05, 0.1) is 0 Å². The molecule has 0 radical (unpaired) electrons. The minimum atomic E-state index is 0.487. The molecule has 0 aromatic carbocycles. The van der Waals surface area contributed by atoms with Crippen molar-refractivity contribution < 1.29 is 0 Å². The Kier molecular flexibility index (Phi) is 5.96. The number of nitrogens with one attached hydrogen (secondary N) is 1. The lowest BCUT2D eigenvalue weighted by Gasteiger charge is -2.17. The molecule has 1 aliphatic rings. The first kappa shape index (κ1) is 12.7. The van der Waals surface area contributed by atoms with Crippen LogP contribution in [0.1, 0.15) is 45.4 Å². The molecule has 0 aliphatic heterocycles. The van der Waals surface area contributed by atoms with Crippen molar-refractivity contribution in [3.8, 4) is 0 Å². The minimum absolute atomic E-state index is 0.487. The van der Waals surface area contributed by atoms with Gasteiger partial charge in [0, 0.05) is 12.6 Å². The maximum atomic E-state index is 5.64. The molecule has 1 saturated carbocycles. The summed E-state index contributed by atoms with van der Waals surface area (Å²) in [5.74, 6) is 0.810. The van der Waals surface area contributed by atoms with E-state index in [2.05, 4.69) is 18.8 Å². The molecule has 88 valence electrons. The van der Waals surface area contributed by atoms with Gasteiger partial charge in [-0.2, -0.15) is 0 Å². The summed E-state index contributed by atoms with van der Waals surface area (Å²) in [6, 6.07) is 0.487. The molecule has 0 amide bonds. The van der Waals surface area contributed by atoms with E-state index in [1.807, 2.05) is 0 Å². The highest BCUT2D eigenvalue weighted by Gasteiger charge is 2.17. The van der Waals surface area contributed by atoms with Crippen LogP contribution in [0.5, 0.6) is 0 Å². The molecule has 0 aromatic heterocycles. The van der Waals surface area contributed by atoms with Crippen molar-refractivity contribution in [3.05, 3.63) is 12.2 Å². The Hall–Kier alpha value is -0.340. The maximum Gasteiger partial charge on any atom is 0.0187 e. The largest absolute Gasteiger partial charge is 0.329 e. The van der Waals surface area contributed by atoms with Crippen LogP contribution in [0.2, 0.25) is 0 Å². The number of nitrogens with two attached hydrogens (primary N) is 1. The van der Waals surface area contributed by atoms with Crippen LogP contribution in [0.4, 0.5) is 0 Å². The summed E-state index contributed by atoms with van der Waals surface area (Å²) in [5, 5.41) is 3.49. The second-order valence-electron chi connectivity index (χ2n) is 4.68. The molecular weight excluding hydrogens is 184 g/mol. The highest BCUT2D eigenvalue weighted by Crippen LogP contribution is 2.31. The van der Waals surface area contributed by atoms with Gasteiger partial charge in [-0.3, -0.25) is 0 Å². The molecule has 0 bridgehead atoms. The fraction of sp³-hybridized carbons (Fsp3) is 0.846. The second-order valence-corrected chi connectivity index (χ2v) is 4.68. The Balaban J connectivity index is 2.10. The van der Waals surface area contributed by atoms with Gasteiger partial charge in [0.25, 0.3) is 0 Å². The van der Waals surface area contributed by atoms with Crippen LogP contribution >= 0.6 is 0 Å². The van der Waals surface area contributed by atoms with Crippen molar-refractivity contribution in [3.63, 3.8) is 0 Å². The van der Waals surface area contributed by atoms with E-state index in [-0.39, 0.29) is 0 Å². The lowest BCUT2D eigenvalue weighted by atomic mass is 9.96. The first-order valence-electron chi connectivity index (χ1n) is 6.39. The quantitative estimate of drug-likeness (QED) is 0.633. The third kappa shape index (κ3) is 4.35. The zero-order valence-electron chi connectivity index (χ0n) is 10.1. The minimum Gasteiger partial charge on any atom is -0.329 e. The molecule has 1 unspecified atom stereocenters. The van der Waals surface area contributed by atoms with Crippen LogP contribution in [-0.4, -0.2) is 19.1 Å². The second kappa shape index (κ2) is 7.02. The van der Waals surface area contributed by atoms with Crippen molar-refractivity contribution in [2.75, 3.05) is 13.1 Å². The monoisotopic (exact) mass is 210 g/mol. The molecule has 2 nitrogen and oxygen atoms in total. The van der Waals surface area contributed by atoms with E-state index < -0.39 is 0 Å². The van der Waals surface area contributed by atoms with Crippen LogP contribution in [0, 0.1) is 5.92 Å². The predicted molar refractivity (Wildman–Crippen MR) is 66.9 cm³/mol. The smallest absolute Gasteiger partial charge is 0.0187 e. The lowest BCUT2D eigenvalue weighted by Crippen LogP contribution is -2.36. The normalized spacial score (nSPS) is 19.3. The fourth-order valence-electron chi connectivity index (χ4n) is 2.37. The number of rotatable bonds is 7. The molecule has 15 heavy (non-hydrogen) atoms. The van der Waals surface area contributed by atoms with Gasteiger partial charge in [-0.05, 0) is 38.1 Å². The van der Waals surface area contributed by atoms with E-state index in [1.165, 1.54) is 31.3 Å². The van der Waals surface area contributed by atoms with Crippen molar-refractivity contribution in [2.24, 2.45) is 11.7 Å². The topological polar surface area (TPSA) is 38.0 Å². The summed E-state index contributed by atoms with van der Waals surface area (Å²) in [6.45, 7) is 8.18. The van der Waals surface area contributed by atoms with E-state index in [4.69, 9.17) is 5.73 Å². The van der Waals surface area contributed by atoms with Crippen LogP contribution < -0.4 is 11.1 Å². The van der Waals surface area contributed by atoms with Crippen molar-refractivity contribution in [2.45, 2.75) is 51.5 Å². The van der Waals surface area contributed by atoms with E-state index in [0.29, 0.717) is 6.04 Å². The Morgan fingerprint density at radius 1 is 1.47 bits per heavy atom. The first-order chi connectivity index (χ1) is 7.27. The first-order valence-corrected chi connectivity index (χ1v) is 6.39. The lowest BCUT2D eigenvalue weighted by molar-refractivity contribution is 0.496. The molecule has 0 heterocycles. The molecule has 1 fully saturated rings. The number of hydrogen-bond acceptors (Lipinski definition) is 2. The molecule has 3 N–H and O–H groups in total. The molecule has 1 aliphatic carbocycles. The van der Waals surface area contributed by atoms with Crippen molar-refractivity contribution in [1.82, 2.24) is 5.32 Å². The summed E-state index contributed by atoms with van der Waals surface area (Å²) in [4.78, 5) is 0. The SMILES string of the molecule is C=C(CCNC(CC)CN)C1CCCC1. The highest BCUT2D eigenvalue weighted by molar-refractivity contribution is 5.02. The van der Waals surface area contributed by atoms with Gasteiger partial charge in [-0.15, -0.1) is 0 Å². The van der Waals surface area contributed by atoms with Crippen LogP contribution in [-0.2, 0) is 0 Å². The standard InChI is InChI=1S/C13H26N2/c1-3-13(10-14)15-9-8-11(2)12-6-4-5-7-12/h12-13,15H,2-10,14H2,1H3. The van der Waals surface area contributed by atoms with Gasteiger partial charge < -0.3 is 11.1 Å². The Morgan fingerprint density at radius 3 is 2.67 bits per heavy atom. The van der Waals surface area contributed by atoms with Gasteiger partial charge in [-0.1, -0.05) is 31.9 Å². The van der Waals surface area contributed by atoms with E-state index in [0.717, 1.165) is 31.8 Å². The molecule has 2 heteroatoms. The summed E-state index contributed by atoms with van der Waals surface area (Å²) in [5.41, 5.74) is 7.09. The molecule has 0 aromatic rings. The Labute approximate surface area is 94.3 Å². The molecule has 0 spiro atoms. The Morgan fingerprint density at radius 2 is 2.13 bits per heavy atom. The summed E-state index contributed by atoms with van der Waals surface area (Å²) < 4.78 is 0. The molecule has 1 rings (SSSR count). The predicted octanol–water partition coefficient (Wildman–Crippen LogP) is 2.45. The van der Waals surface area contributed by atoms with E-state index in [9.17, 15) is 0 Å². The van der Waals surface area contributed by atoms with Crippen LogP contribution in [0.25, 0.3) is 0 Å². The molecular formula is C13H26N2. The maximum absolute atomic E-state index is 5.64. The highest BCUT2D eigenvalue weighted by atomic mass is 14.9. The Bertz CT molecular complexity index is 179. The van der Waals surface area contributed by atoms with Gasteiger partial charge in [0.2, 0.25) is 0 Å². The van der Waals surface area contributed by atoms with Gasteiger partial charge in [0.1, 0.15) is 0 Å². The summed E-state index contributed by atoms with van der Waals surface area (Å²) in [6.07, 6.45) is 7.78. The zero-order chi connectivity index (χ0) is 11.1. The third-order valence-corrected chi connectivity index (χ3v) is 3.59. The average Bonchev–Trinajstić information content (AvgIpc) is 2.77. The molecule has 0 saturated heterocycles. The van der Waals surface area contributed by atoms with E-state index >= 15 is 0 Å². The van der Waals surface area contributed by atoms with E-state index in [1.54, 1.807) is 0 Å². The van der Waals surface area contributed by atoms with Crippen LogP contribution in [0.15, 0.2) is 12.2 Å². The van der Waals surface area contributed by atoms with Gasteiger partial charge in [0.15, 0.2) is 0 Å². The zero-order valence-corrected chi connectivity index (χ0v) is 10.1. The third-order valence-electron chi connectivity index (χ3n) is 3.59. The fourth-order valence-corrected chi connectivity index (χ4v) is 2.37. The van der Waals surface area contributed by atoms with Crippen molar-refractivity contribution in [1.29, 1.82) is 0 Å². The van der Waals surface area contributed by atoms with Gasteiger partial charge in [-0.25, -0.2) is 0 Å². The molecule has 1 atom stereocenters. The summed E-state index contributed by atoms with van der Waals surface area (Å²) >= 11 is 0.